The van der Waals surface area contributed by atoms with Gasteiger partial charge in [-0.15, -0.1) is 0 Å². The molecule has 1 aromatic carbocycles. The molecule has 1 aromatic heterocycles. The van der Waals surface area contributed by atoms with E-state index in [1.54, 1.807) is 0 Å². The van der Waals surface area contributed by atoms with E-state index in [-0.39, 0.29) is 5.54 Å². The predicted molar refractivity (Wildman–Crippen MR) is 110 cm³/mol. The molecule has 0 unspecified atom stereocenters. The third-order valence-corrected chi connectivity index (χ3v) is 6.39. The Hall–Kier alpha value is -1.99. The second kappa shape index (κ2) is 7.72. The van der Waals surface area contributed by atoms with Crippen LogP contribution in [0.25, 0.3) is 0 Å². The van der Waals surface area contributed by atoms with Gasteiger partial charge >= 0.3 is 0 Å². The van der Waals surface area contributed by atoms with Crippen molar-refractivity contribution in [2.24, 2.45) is 0 Å². The average molecular weight is 373 g/mol. The number of nitrogens with two attached hydrogens (primary N) is 2. The molecule has 2 heterocycles. The van der Waals surface area contributed by atoms with Crippen molar-refractivity contribution in [3.63, 3.8) is 0 Å². The highest BCUT2D eigenvalue weighted by Gasteiger charge is 2.29. The van der Waals surface area contributed by atoms with Crippen LogP contribution in [0.1, 0.15) is 32.3 Å². The highest BCUT2D eigenvalue weighted by molar-refractivity contribution is 7.99. The molecular weight excluding hydrogens is 344 g/mol. The Morgan fingerprint density at radius 1 is 1.27 bits per heavy atom. The maximum Gasteiger partial charge on any atom is 0.158 e. The molecule has 0 bridgehead atoms. The van der Waals surface area contributed by atoms with Gasteiger partial charge in [-0.1, -0.05) is 24.8 Å². The van der Waals surface area contributed by atoms with Crippen molar-refractivity contribution in [2.45, 2.75) is 48.6 Å². The van der Waals surface area contributed by atoms with Gasteiger partial charge in [0.15, 0.2) is 5.82 Å². The molecule has 5 N–H and O–H groups in total. The number of piperidine rings is 1. The molecule has 6 nitrogen and oxygen atoms in total. The Bertz CT molecular complexity index is 771. The smallest absolute Gasteiger partial charge is 0.158 e. The van der Waals surface area contributed by atoms with Gasteiger partial charge < -0.3 is 21.7 Å². The van der Waals surface area contributed by atoms with Crippen molar-refractivity contribution >= 4 is 29.1 Å². The SMILES string of the molecule is CCc1c(N)cccc1Sc1ncc(N2CCC(C)(NC)CC2)nc1N. The maximum absolute atomic E-state index is 6.22. The van der Waals surface area contributed by atoms with E-state index in [0.29, 0.717) is 5.82 Å². The van der Waals surface area contributed by atoms with Crippen LogP contribution >= 0.6 is 11.8 Å². The fourth-order valence-corrected chi connectivity index (χ4v) is 4.25. The van der Waals surface area contributed by atoms with Crippen molar-refractivity contribution < 1.29 is 0 Å². The molecule has 0 amide bonds. The Labute approximate surface area is 159 Å². The quantitative estimate of drug-likeness (QED) is 0.695. The molecule has 3 rings (SSSR count). The summed E-state index contributed by atoms with van der Waals surface area (Å²) in [6, 6.07) is 5.94. The molecule has 0 spiro atoms. The molecule has 0 radical (unpaired) electrons. The summed E-state index contributed by atoms with van der Waals surface area (Å²) in [7, 11) is 2.03. The Kier molecular flexibility index (Phi) is 5.58. The topological polar surface area (TPSA) is 93.1 Å². The number of hydrogen-bond acceptors (Lipinski definition) is 7. The van der Waals surface area contributed by atoms with Gasteiger partial charge in [0.05, 0.1) is 6.20 Å². The predicted octanol–water partition coefficient (Wildman–Crippen LogP) is 2.93. The van der Waals surface area contributed by atoms with Gasteiger partial charge in [0.1, 0.15) is 10.8 Å². The maximum atomic E-state index is 6.22. The molecular formula is C19H28N6S. The molecule has 26 heavy (non-hydrogen) atoms. The van der Waals surface area contributed by atoms with Gasteiger partial charge in [-0.3, -0.25) is 0 Å². The molecule has 1 aliphatic heterocycles. The summed E-state index contributed by atoms with van der Waals surface area (Å²) in [6.45, 7) is 6.27. The van der Waals surface area contributed by atoms with Crippen LogP contribution in [0.15, 0.2) is 34.3 Å². The fraction of sp³-hybridized carbons (Fsp3) is 0.474. The zero-order chi connectivity index (χ0) is 18.7. The lowest BCUT2D eigenvalue weighted by atomic mass is 9.90. The van der Waals surface area contributed by atoms with E-state index in [0.717, 1.165) is 59.3 Å². The van der Waals surface area contributed by atoms with E-state index in [1.165, 1.54) is 11.8 Å². The molecule has 140 valence electrons. The summed E-state index contributed by atoms with van der Waals surface area (Å²) in [6.07, 6.45) is 4.85. The minimum Gasteiger partial charge on any atom is -0.398 e. The third-order valence-electron chi connectivity index (χ3n) is 5.28. The van der Waals surface area contributed by atoms with Crippen molar-refractivity contribution in [2.75, 3.05) is 36.5 Å². The van der Waals surface area contributed by atoms with Crippen LogP contribution in [0.2, 0.25) is 0 Å². The van der Waals surface area contributed by atoms with Crippen LogP contribution in [0, 0.1) is 0 Å². The zero-order valence-corrected chi connectivity index (χ0v) is 16.6. The zero-order valence-electron chi connectivity index (χ0n) is 15.7. The van der Waals surface area contributed by atoms with Gasteiger partial charge in [0.25, 0.3) is 0 Å². The Morgan fingerprint density at radius 3 is 2.62 bits per heavy atom. The lowest BCUT2D eigenvalue weighted by Crippen LogP contribution is -2.50. The summed E-state index contributed by atoms with van der Waals surface area (Å²) >= 11 is 1.53. The van der Waals surface area contributed by atoms with Crippen molar-refractivity contribution in [3.8, 4) is 0 Å². The molecule has 7 heteroatoms. The van der Waals surface area contributed by atoms with Gasteiger partial charge in [-0.2, -0.15) is 0 Å². The molecule has 1 fully saturated rings. The highest BCUT2D eigenvalue weighted by Crippen LogP contribution is 2.35. The standard InChI is InChI=1S/C19H28N6S/c1-4-13-14(20)6-5-7-15(13)26-18-17(21)24-16(12-23-18)25-10-8-19(2,22-3)9-11-25/h5-7,12,22H,4,8-11,20H2,1-3H3,(H2,21,24). The minimum absolute atomic E-state index is 0.203. The lowest BCUT2D eigenvalue weighted by Gasteiger charge is -2.39. The van der Waals surface area contributed by atoms with E-state index >= 15 is 0 Å². The summed E-state index contributed by atoms with van der Waals surface area (Å²) in [4.78, 5) is 12.5. The molecule has 1 saturated heterocycles. The summed E-state index contributed by atoms with van der Waals surface area (Å²) < 4.78 is 0. The second-order valence-electron chi connectivity index (χ2n) is 7.00. The minimum atomic E-state index is 0.203. The summed E-state index contributed by atoms with van der Waals surface area (Å²) in [5, 5.41) is 4.14. The first-order valence-corrected chi connectivity index (χ1v) is 9.89. The van der Waals surface area contributed by atoms with Crippen molar-refractivity contribution in [1.82, 2.24) is 15.3 Å². The average Bonchev–Trinajstić information content (AvgIpc) is 2.64. The van der Waals surface area contributed by atoms with Gasteiger partial charge in [-0.05, 0) is 50.9 Å². The number of aromatic nitrogens is 2. The monoisotopic (exact) mass is 372 g/mol. The number of nitrogens with zero attached hydrogens (tertiary/aromatic N) is 3. The third kappa shape index (κ3) is 3.88. The van der Waals surface area contributed by atoms with Crippen LogP contribution in [0.5, 0.6) is 0 Å². The summed E-state index contributed by atoms with van der Waals surface area (Å²) in [5.74, 6) is 1.33. The van der Waals surface area contributed by atoms with Crippen LogP contribution in [0.4, 0.5) is 17.3 Å². The number of benzene rings is 1. The van der Waals surface area contributed by atoms with Crippen molar-refractivity contribution in [3.05, 3.63) is 30.0 Å². The molecule has 0 aliphatic carbocycles. The van der Waals surface area contributed by atoms with Gasteiger partial charge in [-0.25, -0.2) is 9.97 Å². The van der Waals surface area contributed by atoms with Gasteiger partial charge in [0, 0.05) is 29.2 Å². The number of anilines is 3. The van der Waals surface area contributed by atoms with Crippen molar-refractivity contribution in [1.29, 1.82) is 0 Å². The second-order valence-corrected chi connectivity index (χ2v) is 8.03. The lowest BCUT2D eigenvalue weighted by molar-refractivity contribution is 0.304. The van der Waals surface area contributed by atoms with Crippen LogP contribution in [-0.2, 0) is 6.42 Å². The number of nitrogens with one attached hydrogen (secondary N) is 1. The molecule has 2 aromatic rings. The van der Waals surface area contributed by atoms with E-state index < -0.39 is 0 Å². The first kappa shape index (κ1) is 18.8. The number of nitrogen functional groups attached to an aromatic ring is 2. The molecule has 1 aliphatic rings. The van der Waals surface area contributed by atoms with E-state index in [1.807, 2.05) is 25.4 Å². The first-order valence-electron chi connectivity index (χ1n) is 9.07. The Balaban J connectivity index is 1.76. The van der Waals surface area contributed by atoms with Crippen LogP contribution in [-0.4, -0.2) is 35.6 Å². The highest BCUT2D eigenvalue weighted by atomic mass is 32.2. The fourth-order valence-electron chi connectivity index (χ4n) is 3.25. The van der Waals surface area contributed by atoms with E-state index in [4.69, 9.17) is 11.5 Å². The summed E-state index contributed by atoms with van der Waals surface area (Å²) in [5.41, 5.74) is 14.4. The van der Waals surface area contributed by atoms with E-state index in [2.05, 4.69) is 40.1 Å². The largest absolute Gasteiger partial charge is 0.398 e. The Morgan fingerprint density at radius 2 is 2.00 bits per heavy atom. The first-order chi connectivity index (χ1) is 12.5. The van der Waals surface area contributed by atoms with E-state index in [9.17, 15) is 0 Å². The normalized spacial score (nSPS) is 16.7. The number of hydrogen-bond donors (Lipinski definition) is 3. The van der Waals surface area contributed by atoms with Crippen LogP contribution < -0.4 is 21.7 Å². The molecule has 0 atom stereocenters. The molecule has 0 saturated carbocycles. The van der Waals surface area contributed by atoms with Crippen LogP contribution in [0.3, 0.4) is 0 Å². The van der Waals surface area contributed by atoms with Gasteiger partial charge in [0.2, 0.25) is 0 Å². The number of rotatable bonds is 5.